The highest BCUT2D eigenvalue weighted by atomic mass is 35.5. The van der Waals surface area contributed by atoms with Crippen LogP contribution in [0.4, 0.5) is 0 Å². The van der Waals surface area contributed by atoms with E-state index in [-0.39, 0.29) is 6.54 Å². The zero-order valence-electron chi connectivity index (χ0n) is 12.1. The Balaban J connectivity index is 2.45. The normalized spacial score (nSPS) is 11.0. The second-order valence-corrected chi connectivity index (χ2v) is 6.70. The SMILES string of the molecule is Cc1cc2c(=O)n(-c3cccc(Cl)c3)c(=O)n(CC(N)=O)c2s1. The van der Waals surface area contributed by atoms with Gasteiger partial charge in [-0.25, -0.2) is 9.36 Å². The predicted molar refractivity (Wildman–Crippen MR) is 90.6 cm³/mol. The molecule has 23 heavy (non-hydrogen) atoms. The minimum Gasteiger partial charge on any atom is -0.368 e. The largest absolute Gasteiger partial charge is 0.368 e. The molecule has 0 radical (unpaired) electrons. The van der Waals surface area contributed by atoms with Gasteiger partial charge in [-0.05, 0) is 31.2 Å². The molecule has 1 amide bonds. The third-order valence-corrected chi connectivity index (χ3v) is 4.63. The average Bonchev–Trinajstić information content (AvgIpc) is 2.86. The molecule has 0 saturated heterocycles. The van der Waals surface area contributed by atoms with E-state index in [1.54, 1.807) is 24.3 Å². The lowest BCUT2D eigenvalue weighted by Crippen LogP contribution is -2.40. The van der Waals surface area contributed by atoms with Crippen LogP contribution < -0.4 is 17.0 Å². The summed E-state index contributed by atoms with van der Waals surface area (Å²) in [6, 6.07) is 8.11. The number of hydrogen-bond donors (Lipinski definition) is 1. The van der Waals surface area contributed by atoms with E-state index < -0.39 is 17.2 Å². The Hall–Kier alpha value is -2.38. The standard InChI is InChI=1S/C15H12ClN3O3S/c1-8-5-11-13(21)19(10-4-2-3-9(16)6-10)15(22)18(7-12(17)20)14(11)23-8/h2-6H,7H2,1H3,(H2,17,20). The molecular formula is C15H12ClN3O3S. The van der Waals surface area contributed by atoms with E-state index in [0.717, 1.165) is 9.44 Å². The highest BCUT2D eigenvalue weighted by Gasteiger charge is 2.17. The van der Waals surface area contributed by atoms with Crippen LogP contribution in [0, 0.1) is 6.92 Å². The van der Waals surface area contributed by atoms with Crippen molar-refractivity contribution in [2.24, 2.45) is 5.73 Å². The van der Waals surface area contributed by atoms with Crippen molar-refractivity contribution in [2.75, 3.05) is 0 Å². The number of hydrogen-bond acceptors (Lipinski definition) is 4. The highest BCUT2D eigenvalue weighted by Crippen LogP contribution is 2.22. The number of nitrogens with two attached hydrogens (primary N) is 1. The Kier molecular flexibility index (Phi) is 3.83. The van der Waals surface area contributed by atoms with E-state index in [9.17, 15) is 14.4 Å². The zero-order valence-corrected chi connectivity index (χ0v) is 13.6. The number of benzene rings is 1. The molecule has 3 aromatic rings. The van der Waals surface area contributed by atoms with Crippen LogP contribution >= 0.6 is 22.9 Å². The lowest BCUT2D eigenvalue weighted by molar-refractivity contribution is -0.118. The lowest BCUT2D eigenvalue weighted by atomic mass is 10.3. The summed E-state index contributed by atoms with van der Waals surface area (Å²) >= 11 is 7.22. The van der Waals surface area contributed by atoms with Gasteiger partial charge in [0.2, 0.25) is 5.91 Å². The maximum Gasteiger partial charge on any atom is 0.337 e. The first kappa shape index (κ1) is 15.5. The van der Waals surface area contributed by atoms with E-state index in [1.807, 2.05) is 6.92 Å². The monoisotopic (exact) mass is 349 g/mol. The summed E-state index contributed by atoms with van der Waals surface area (Å²) in [7, 11) is 0. The van der Waals surface area contributed by atoms with Crippen molar-refractivity contribution in [3.63, 3.8) is 0 Å². The fourth-order valence-corrected chi connectivity index (χ4v) is 3.58. The number of halogens is 1. The van der Waals surface area contributed by atoms with Crippen LogP contribution in [0.2, 0.25) is 5.02 Å². The van der Waals surface area contributed by atoms with Crippen LogP contribution in [-0.4, -0.2) is 15.0 Å². The zero-order chi connectivity index (χ0) is 16.7. The molecule has 0 saturated carbocycles. The molecule has 1 aromatic carbocycles. The molecule has 0 aliphatic rings. The van der Waals surface area contributed by atoms with Gasteiger partial charge in [-0.3, -0.25) is 14.2 Å². The fraction of sp³-hybridized carbons (Fsp3) is 0.133. The topological polar surface area (TPSA) is 87.1 Å². The number of carbonyl (C=O) groups excluding carboxylic acids is 1. The van der Waals surface area contributed by atoms with Crippen molar-refractivity contribution < 1.29 is 4.79 Å². The van der Waals surface area contributed by atoms with Crippen LogP contribution in [-0.2, 0) is 11.3 Å². The number of fused-ring (bicyclic) bond motifs is 1. The molecule has 2 N–H and O–H groups in total. The highest BCUT2D eigenvalue weighted by molar-refractivity contribution is 7.18. The summed E-state index contributed by atoms with van der Waals surface area (Å²) in [5, 5.41) is 0.769. The summed E-state index contributed by atoms with van der Waals surface area (Å²) in [5.41, 5.74) is 4.52. The number of aromatic nitrogens is 2. The van der Waals surface area contributed by atoms with E-state index in [0.29, 0.717) is 20.9 Å². The molecule has 0 bridgehead atoms. The summed E-state index contributed by atoms with van der Waals surface area (Å²) in [6.45, 7) is 1.53. The Morgan fingerprint density at radius 2 is 2.04 bits per heavy atom. The second-order valence-electron chi connectivity index (χ2n) is 5.03. The summed E-state index contributed by atoms with van der Waals surface area (Å²) < 4.78 is 2.22. The number of nitrogens with zero attached hydrogens (tertiary/aromatic N) is 2. The minimum atomic E-state index is -0.657. The van der Waals surface area contributed by atoms with Crippen molar-refractivity contribution in [1.82, 2.24) is 9.13 Å². The lowest BCUT2D eigenvalue weighted by Gasteiger charge is -2.10. The Morgan fingerprint density at radius 3 is 2.70 bits per heavy atom. The second kappa shape index (κ2) is 5.68. The van der Waals surface area contributed by atoms with E-state index in [1.165, 1.54) is 22.0 Å². The quantitative estimate of drug-likeness (QED) is 0.780. The van der Waals surface area contributed by atoms with Crippen LogP contribution in [0.25, 0.3) is 15.9 Å². The molecule has 0 aliphatic carbocycles. The third kappa shape index (κ3) is 2.69. The summed E-state index contributed by atoms with van der Waals surface area (Å²) in [5.74, 6) is -0.657. The molecule has 0 aliphatic heterocycles. The Labute approximate surface area is 139 Å². The molecular weight excluding hydrogens is 338 g/mol. The predicted octanol–water partition coefficient (Wildman–Crippen LogP) is 1.66. The molecule has 0 unspecified atom stereocenters. The van der Waals surface area contributed by atoms with Crippen molar-refractivity contribution in [3.8, 4) is 5.69 Å². The molecule has 2 aromatic heterocycles. The number of carbonyl (C=O) groups is 1. The van der Waals surface area contributed by atoms with Gasteiger partial charge in [0.25, 0.3) is 5.56 Å². The first-order valence-electron chi connectivity index (χ1n) is 6.68. The van der Waals surface area contributed by atoms with Crippen molar-refractivity contribution in [3.05, 3.63) is 61.1 Å². The van der Waals surface area contributed by atoms with Gasteiger partial charge in [-0.15, -0.1) is 11.3 Å². The van der Waals surface area contributed by atoms with Crippen LogP contribution in [0.3, 0.4) is 0 Å². The van der Waals surface area contributed by atoms with Gasteiger partial charge in [0, 0.05) is 9.90 Å². The van der Waals surface area contributed by atoms with Gasteiger partial charge < -0.3 is 5.73 Å². The van der Waals surface area contributed by atoms with Crippen LogP contribution in [0.15, 0.2) is 39.9 Å². The number of thiophene rings is 1. The molecule has 8 heteroatoms. The smallest absolute Gasteiger partial charge is 0.337 e. The number of rotatable bonds is 3. The maximum absolute atomic E-state index is 12.7. The molecule has 2 heterocycles. The van der Waals surface area contributed by atoms with Gasteiger partial charge in [-0.1, -0.05) is 17.7 Å². The van der Waals surface area contributed by atoms with E-state index in [4.69, 9.17) is 17.3 Å². The van der Waals surface area contributed by atoms with Gasteiger partial charge in [0.1, 0.15) is 11.4 Å². The van der Waals surface area contributed by atoms with Gasteiger partial charge >= 0.3 is 5.69 Å². The van der Waals surface area contributed by atoms with Gasteiger partial charge in [-0.2, -0.15) is 0 Å². The molecule has 0 fully saturated rings. The van der Waals surface area contributed by atoms with Crippen molar-refractivity contribution in [2.45, 2.75) is 13.5 Å². The molecule has 3 rings (SSSR count). The summed E-state index contributed by atoms with van der Waals surface area (Å²) in [6.07, 6.45) is 0. The Bertz CT molecular complexity index is 1050. The Morgan fingerprint density at radius 1 is 1.30 bits per heavy atom. The average molecular weight is 350 g/mol. The molecule has 0 atom stereocenters. The van der Waals surface area contributed by atoms with E-state index >= 15 is 0 Å². The van der Waals surface area contributed by atoms with Gasteiger partial charge in [0.05, 0.1) is 11.1 Å². The third-order valence-electron chi connectivity index (χ3n) is 3.32. The number of amides is 1. The molecule has 6 nitrogen and oxygen atoms in total. The van der Waals surface area contributed by atoms with Crippen molar-refractivity contribution in [1.29, 1.82) is 0 Å². The summed E-state index contributed by atoms with van der Waals surface area (Å²) in [4.78, 5) is 38.1. The van der Waals surface area contributed by atoms with Crippen molar-refractivity contribution >= 4 is 39.1 Å². The molecule has 0 spiro atoms. The fourth-order valence-electron chi connectivity index (χ4n) is 2.41. The van der Waals surface area contributed by atoms with Gasteiger partial charge in [0.15, 0.2) is 0 Å². The number of primary amides is 1. The van der Waals surface area contributed by atoms with E-state index in [2.05, 4.69) is 0 Å². The first-order chi connectivity index (χ1) is 10.9. The first-order valence-corrected chi connectivity index (χ1v) is 7.88. The minimum absolute atomic E-state index is 0.296. The van der Waals surface area contributed by atoms with Crippen LogP contribution in [0.1, 0.15) is 4.88 Å². The molecule has 118 valence electrons. The number of aryl methyl sites for hydroxylation is 1. The van der Waals surface area contributed by atoms with Crippen LogP contribution in [0.5, 0.6) is 0 Å². The maximum atomic E-state index is 12.7.